The van der Waals surface area contributed by atoms with Gasteiger partial charge in [0.05, 0.1) is 5.75 Å². The fourth-order valence-corrected chi connectivity index (χ4v) is 9.73. The Kier molecular flexibility index (Phi) is 9.19. The van der Waals surface area contributed by atoms with E-state index in [4.69, 9.17) is 0 Å². The molecule has 3 saturated heterocycles. The summed E-state index contributed by atoms with van der Waals surface area (Å²) in [6, 6.07) is 12.3. The molecule has 0 spiro atoms. The van der Waals surface area contributed by atoms with E-state index < -0.39 is 27.5 Å². The lowest BCUT2D eigenvalue weighted by atomic mass is 9.83. The lowest BCUT2D eigenvalue weighted by Crippen LogP contribution is -2.55. The molecule has 47 heavy (non-hydrogen) atoms. The van der Waals surface area contributed by atoms with Crippen LogP contribution in [-0.4, -0.2) is 72.6 Å². The van der Waals surface area contributed by atoms with Gasteiger partial charge in [-0.05, 0) is 92.7 Å². The zero-order chi connectivity index (χ0) is 33.5. The fourth-order valence-electron chi connectivity index (χ4n) is 7.72. The number of carbonyl (C=O) groups excluding carboxylic acids is 4. The van der Waals surface area contributed by atoms with Crippen molar-refractivity contribution < 1.29 is 27.6 Å². The minimum Gasteiger partial charge on any atom is -0.324 e. The van der Waals surface area contributed by atoms with Crippen LogP contribution in [0, 0.1) is 0 Å². The SMILES string of the molecule is CC1CC(=O)N(C2CCC(=O)NC2=O)c2ccc(C3CCN(C(=O)Nc4cccc(CS(=O)(=O)N5CCCCC5(C)C)c4)CC3)cc21. The standard InChI is InChI=1S/C35H45N5O6S/c1-23-19-32(42)40(30-11-12-31(41)37-33(30)43)29-10-9-26(21-28(23)29)25-13-17-38(18-14-25)34(44)36-27-8-6-7-24(20-27)22-47(45,46)39-16-5-4-15-35(39,2)3/h6-10,20-21,23,25,30H,4-5,11-19,22H2,1-3H3,(H,36,44)(H,37,41,43). The summed E-state index contributed by atoms with van der Waals surface area (Å²) >= 11 is 0. The smallest absolute Gasteiger partial charge is 0.321 e. The number of likely N-dealkylation sites (tertiary alicyclic amines) is 1. The van der Waals surface area contributed by atoms with Crippen LogP contribution < -0.4 is 15.5 Å². The lowest BCUT2D eigenvalue weighted by Gasteiger charge is -2.41. The van der Waals surface area contributed by atoms with Crippen molar-refractivity contribution in [2.24, 2.45) is 0 Å². The molecule has 2 aromatic carbocycles. The number of carbonyl (C=O) groups is 4. The molecule has 2 atom stereocenters. The average molecular weight is 664 g/mol. The van der Waals surface area contributed by atoms with E-state index in [1.807, 2.05) is 32.9 Å². The number of fused-ring (bicyclic) bond motifs is 1. The van der Waals surface area contributed by atoms with Gasteiger partial charge >= 0.3 is 6.03 Å². The largest absolute Gasteiger partial charge is 0.324 e. The zero-order valence-electron chi connectivity index (χ0n) is 27.5. The second-order valence-electron chi connectivity index (χ2n) is 14.1. The highest BCUT2D eigenvalue weighted by molar-refractivity contribution is 7.88. The van der Waals surface area contributed by atoms with Gasteiger partial charge in [-0.3, -0.25) is 24.6 Å². The fraction of sp³-hybridized carbons (Fsp3) is 0.543. The molecule has 5 amide bonds. The number of hydrogen-bond donors (Lipinski definition) is 2. The maximum atomic E-state index is 13.3. The Morgan fingerprint density at radius 3 is 2.49 bits per heavy atom. The molecule has 0 aromatic heterocycles. The van der Waals surface area contributed by atoms with Crippen LogP contribution in [0.4, 0.5) is 16.2 Å². The molecule has 0 saturated carbocycles. The molecule has 12 heteroatoms. The van der Waals surface area contributed by atoms with Crippen LogP contribution in [-0.2, 0) is 30.2 Å². The molecule has 4 heterocycles. The van der Waals surface area contributed by atoms with Gasteiger partial charge in [-0.2, -0.15) is 4.31 Å². The number of nitrogens with zero attached hydrogens (tertiary/aromatic N) is 3. The van der Waals surface area contributed by atoms with E-state index in [1.165, 1.54) is 0 Å². The summed E-state index contributed by atoms with van der Waals surface area (Å²) < 4.78 is 28.3. The third-order valence-electron chi connectivity index (χ3n) is 10.3. The minimum absolute atomic E-state index is 0.00458. The molecule has 4 aliphatic heterocycles. The highest BCUT2D eigenvalue weighted by Gasteiger charge is 2.40. The Balaban J connectivity index is 1.08. The number of piperidine rings is 3. The molecule has 0 aliphatic carbocycles. The predicted molar refractivity (Wildman–Crippen MR) is 179 cm³/mol. The van der Waals surface area contributed by atoms with Crippen molar-refractivity contribution in [1.29, 1.82) is 0 Å². The Morgan fingerprint density at radius 2 is 1.77 bits per heavy atom. The number of nitrogens with one attached hydrogen (secondary N) is 2. The molecular formula is C35H45N5O6S. The van der Waals surface area contributed by atoms with E-state index in [1.54, 1.807) is 38.4 Å². The monoisotopic (exact) mass is 663 g/mol. The quantitative estimate of drug-likeness (QED) is 0.425. The van der Waals surface area contributed by atoms with E-state index in [2.05, 4.69) is 16.7 Å². The van der Waals surface area contributed by atoms with E-state index in [-0.39, 0.29) is 41.9 Å². The topological polar surface area (TPSA) is 136 Å². The number of imide groups is 1. The number of rotatable bonds is 6. The van der Waals surface area contributed by atoms with Crippen molar-refractivity contribution in [3.8, 4) is 0 Å². The first kappa shape index (κ1) is 33.1. The first-order chi connectivity index (χ1) is 22.3. The van der Waals surface area contributed by atoms with Crippen LogP contribution in [0.25, 0.3) is 0 Å². The van der Waals surface area contributed by atoms with Gasteiger partial charge in [-0.15, -0.1) is 0 Å². The van der Waals surface area contributed by atoms with Crippen LogP contribution in [0.5, 0.6) is 0 Å². The summed E-state index contributed by atoms with van der Waals surface area (Å²) in [7, 11) is -3.51. The highest BCUT2D eigenvalue weighted by atomic mass is 32.2. The first-order valence-corrected chi connectivity index (χ1v) is 18.4. The number of amides is 5. The molecule has 2 aromatic rings. The Morgan fingerprint density at radius 1 is 1.00 bits per heavy atom. The van der Waals surface area contributed by atoms with Crippen molar-refractivity contribution in [1.82, 2.24) is 14.5 Å². The van der Waals surface area contributed by atoms with Crippen LogP contribution in [0.15, 0.2) is 42.5 Å². The Labute approximate surface area is 277 Å². The van der Waals surface area contributed by atoms with Crippen molar-refractivity contribution in [3.05, 3.63) is 59.2 Å². The first-order valence-electron chi connectivity index (χ1n) is 16.8. The minimum atomic E-state index is -3.51. The predicted octanol–water partition coefficient (Wildman–Crippen LogP) is 4.84. The summed E-state index contributed by atoms with van der Waals surface area (Å²) in [4.78, 5) is 54.0. The van der Waals surface area contributed by atoms with Gasteiger partial charge in [0, 0.05) is 49.4 Å². The maximum Gasteiger partial charge on any atom is 0.321 e. The normalized spacial score (nSPS) is 24.1. The summed E-state index contributed by atoms with van der Waals surface area (Å²) in [6.07, 6.45) is 5.11. The number of sulfonamides is 1. The van der Waals surface area contributed by atoms with Gasteiger partial charge in [0.25, 0.3) is 0 Å². The van der Waals surface area contributed by atoms with Gasteiger partial charge in [0.2, 0.25) is 27.7 Å². The van der Waals surface area contributed by atoms with Crippen LogP contribution in [0.1, 0.15) is 101 Å². The molecule has 3 fully saturated rings. The van der Waals surface area contributed by atoms with Gasteiger partial charge in [-0.1, -0.05) is 37.6 Å². The van der Waals surface area contributed by atoms with Crippen LogP contribution >= 0.6 is 0 Å². The molecule has 11 nitrogen and oxygen atoms in total. The van der Waals surface area contributed by atoms with Gasteiger partial charge in [-0.25, -0.2) is 13.2 Å². The van der Waals surface area contributed by atoms with E-state index in [0.717, 1.165) is 48.9 Å². The van der Waals surface area contributed by atoms with Gasteiger partial charge < -0.3 is 10.2 Å². The number of anilines is 2. The summed E-state index contributed by atoms with van der Waals surface area (Å²) in [5.74, 6) is -0.704. The van der Waals surface area contributed by atoms with Crippen LogP contribution in [0.3, 0.4) is 0 Å². The van der Waals surface area contributed by atoms with Crippen molar-refractivity contribution in [2.75, 3.05) is 29.9 Å². The summed E-state index contributed by atoms with van der Waals surface area (Å²) in [5.41, 5.74) is 3.72. The van der Waals surface area contributed by atoms with Gasteiger partial charge in [0.15, 0.2) is 0 Å². The molecular weight excluding hydrogens is 618 g/mol. The van der Waals surface area contributed by atoms with E-state index in [9.17, 15) is 27.6 Å². The van der Waals surface area contributed by atoms with E-state index in [0.29, 0.717) is 43.7 Å². The Hall–Kier alpha value is -3.77. The second kappa shape index (κ2) is 13.0. The Bertz CT molecular complexity index is 1680. The third-order valence-corrected chi connectivity index (χ3v) is 12.4. The maximum absolute atomic E-state index is 13.3. The molecule has 6 rings (SSSR count). The number of urea groups is 1. The molecule has 4 aliphatic rings. The summed E-state index contributed by atoms with van der Waals surface area (Å²) in [6.45, 7) is 7.66. The second-order valence-corrected chi connectivity index (χ2v) is 16.0. The van der Waals surface area contributed by atoms with Crippen LogP contribution in [0.2, 0.25) is 0 Å². The number of hydrogen-bond acceptors (Lipinski definition) is 6. The van der Waals surface area contributed by atoms with Gasteiger partial charge in [0.1, 0.15) is 6.04 Å². The van der Waals surface area contributed by atoms with Crippen molar-refractivity contribution >= 4 is 45.2 Å². The molecule has 252 valence electrons. The molecule has 0 radical (unpaired) electrons. The molecule has 0 bridgehead atoms. The average Bonchev–Trinajstić information content (AvgIpc) is 3.01. The third kappa shape index (κ3) is 6.94. The summed E-state index contributed by atoms with van der Waals surface area (Å²) in [5, 5.41) is 5.34. The molecule has 2 N–H and O–H groups in total. The van der Waals surface area contributed by atoms with Crippen molar-refractivity contribution in [3.63, 3.8) is 0 Å². The number of benzene rings is 2. The zero-order valence-corrected chi connectivity index (χ0v) is 28.3. The highest BCUT2D eigenvalue weighted by Crippen LogP contribution is 2.41. The van der Waals surface area contributed by atoms with Crippen molar-refractivity contribution in [2.45, 2.75) is 101 Å². The lowest BCUT2D eigenvalue weighted by molar-refractivity contribution is -0.136. The molecule has 2 unspecified atom stereocenters. The van der Waals surface area contributed by atoms with E-state index >= 15 is 0 Å².